The van der Waals surface area contributed by atoms with E-state index in [2.05, 4.69) is 0 Å². The number of hydrogen-bond acceptors (Lipinski definition) is 4. The van der Waals surface area contributed by atoms with E-state index in [9.17, 15) is 9.59 Å². The van der Waals surface area contributed by atoms with Gasteiger partial charge >= 0.3 is 0 Å². The standard InChI is InChI=1S/C16H10O4/c17-7-9-1-3-13-11(5-9)15-12-6-10(8-18)2-4-14(12)20-16(15)19-13/h1-8,15-16H. The van der Waals surface area contributed by atoms with Crippen molar-refractivity contribution in [2.45, 2.75) is 12.2 Å². The number of rotatable bonds is 2. The van der Waals surface area contributed by atoms with Crippen LogP contribution in [0, 0.1) is 0 Å². The molecule has 0 N–H and O–H groups in total. The maximum atomic E-state index is 10.9. The summed E-state index contributed by atoms with van der Waals surface area (Å²) in [6.45, 7) is 0. The normalized spacial score (nSPS) is 21.2. The van der Waals surface area contributed by atoms with E-state index >= 15 is 0 Å². The number of fused-ring (bicyclic) bond motifs is 5. The summed E-state index contributed by atoms with van der Waals surface area (Å²) in [5.74, 6) is 1.38. The number of carbonyl (C=O) groups is 2. The van der Waals surface area contributed by atoms with Crippen LogP contribution in [0.2, 0.25) is 0 Å². The highest BCUT2D eigenvalue weighted by Gasteiger charge is 2.44. The van der Waals surface area contributed by atoms with Crippen LogP contribution in [0.25, 0.3) is 0 Å². The Bertz CT molecular complexity index is 674. The third-order valence-electron chi connectivity index (χ3n) is 3.77. The lowest BCUT2D eigenvalue weighted by atomic mass is 9.91. The molecule has 0 saturated heterocycles. The Labute approximate surface area is 114 Å². The Morgan fingerprint density at radius 1 is 0.800 bits per heavy atom. The Morgan fingerprint density at radius 3 is 1.75 bits per heavy atom. The number of ether oxygens (including phenoxy) is 2. The van der Waals surface area contributed by atoms with E-state index in [1.165, 1.54) is 0 Å². The van der Waals surface area contributed by atoms with E-state index < -0.39 is 6.29 Å². The van der Waals surface area contributed by atoms with Crippen molar-refractivity contribution in [1.82, 2.24) is 0 Å². The van der Waals surface area contributed by atoms with E-state index in [0.29, 0.717) is 11.1 Å². The molecule has 0 aromatic heterocycles. The van der Waals surface area contributed by atoms with Gasteiger partial charge in [0, 0.05) is 22.3 Å². The maximum Gasteiger partial charge on any atom is 0.252 e. The van der Waals surface area contributed by atoms with Crippen molar-refractivity contribution in [2.75, 3.05) is 0 Å². The first-order valence-corrected chi connectivity index (χ1v) is 6.32. The lowest BCUT2D eigenvalue weighted by molar-refractivity contribution is 0.0330. The largest absolute Gasteiger partial charge is 0.454 e. The highest BCUT2D eigenvalue weighted by atomic mass is 16.7. The van der Waals surface area contributed by atoms with Crippen LogP contribution in [0.4, 0.5) is 0 Å². The lowest BCUT2D eigenvalue weighted by Gasteiger charge is -2.08. The molecule has 2 aromatic carbocycles. The predicted molar refractivity (Wildman–Crippen MR) is 70.5 cm³/mol. The van der Waals surface area contributed by atoms with Crippen LogP contribution < -0.4 is 9.47 Å². The minimum atomic E-state index is -0.413. The van der Waals surface area contributed by atoms with Crippen molar-refractivity contribution in [2.24, 2.45) is 0 Å². The monoisotopic (exact) mass is 266 g/mol. The third-order valence-corrected chi connectivity index (χ3v) is 3.77. The molecule has 0 atom stereocenters. The zero-order chi connectivity index (χ0) is 13.7. The zero-order valence-electron chi connectivity index (χ0n) is 10.4. The summed E-state index contributed by atoms with van der Waals surface area (Å²) in [5, 5.41) is 0. The van der Waals surface area contributed by atoms with Crippen LogP contribution in [0.5, 0.6) is 11.5 Å². The fraction of sp³-hybridized carbons (Fsp3) is 0.125. The van der Waals surface area contributed by atoms with Crippen molar-refractivity contribution < 1.29 is 19.1 Å². The minimum absolute atomic E-state index is 0.0835. The Morgan fingerprint density at radius 2 is 1.30 bits per heavy atom. The Kier molecular flexibility index (Phi) is 2.21. The average molecular weight is 266 g/mol. The van der Waals surface area contributed by atoms with Crippen molar-refractivity contribution >= 4 is 12.6 Å². The molecule has 2 aliphatic heterocycles. The van der Waals surface area contributed by atoms with Crippen LogP contribution in [0.15, 0.2) is 36.4 Å². The zero-order valence-corrected chi connectivity index (χ0v) is 10.4. The Balaban J connectivity index is 1.88. The summed E-state index contributed by atoms with van der Waals surface area (Å²) in [6, 6.07) is 10.6. The molecule has 0 radical (unpaired) electrons. The number of aldehydes is 2. The van der Waals surface area contributed by atoms with Crippen LogP contribution in [0.1, 0.15) is 37.8 Å². The molecule has 2 aromatic rings. The predicted octanol–water partition coefficient (Wildman–Crippen LogP) is 2.55. The minimum Gasteiger partial charge on any atom is -0.454 e. The maximum absolute atomic E-state index is 10.9. The van der Waals surface area contributed by atoms with Gasteiger partial charge in [0.1, 0.15) is 24.1 Å². The molecule has 4 rings (SSSR count). The topological polar surface area (TPSA) is 52.6 Å². The molecular weight excluding hydrogens is 256 g/mol. The van der Waals surface area contributed by atoms with Crippen molar-refractivity contribution in [3.63, 3.8) is 0 Å². The molecule has 0 unspecified atom stereocenters. The molecular formula is C16H10O4. The summed E-state index contributed by atoms with van der Waals surface area (Å²) in [5.41, 5.74) is 3.07. The first-order valence-electron chi connectivity index (χ1n) is 6.32. The molecule has 0 amide bonds. The number of carbonyl (C=O) groups excluding carboxylic acids is 2. The molecule has 4 heteroatoms. The second kappa shape index (κ2) is 3.93. The summed E-state index contributed by atoms with van der Waals surface area (Å²) >= 11 is 0. The van der Waals surface area contributed by atoms with Crippen LogP contribution in [-0.4, -0.2) is 18.9 Å². The van der Waals surface area contributed by atoms with Gasteiger partial charge in [-0.2, -0.15) is 0 Å². The van der Waals surface area contributed by atoms with Crippen LogP contribution >= 0.6 is 0 Å². The molecule has 0 aliphatic carbocycles. The van der Waals surface area contributed by atoms with Gasteiger partial charge in [-0.05, 0) is 36.4 Å². The van der Waals surface area contributed by atoms with E-state index in [4.69, 9.17) is 9.47 Å². The van der Waals surface area contributed by atoms with Gasteiger partial charge in [0.25, 0.3) is 6.29 Å². The first kappa shape index (κ1) is 11.2. The van der Waals surface area contributed by atoms with Crippen molar-refractivity contribution in [3.05, 3.63) is 58.7 Å². The van der Waals surface area contributed by atoms with Gasteiger partial charge in [0.2, 0.25) is 0 Å². The summed E-state index contributed by atoms with van der Waals surface area (Å²) in [4.78, 5) is 21.9. The van der Waals surface area contributed by atoms with Gasteiger partial charge in [-0.15, -0.1) is 0 Å². The van der Waals surface area contributed by atoms with Gasteiger partial charge in [-0.25, -0.2) is 0 Å². The molecule has 2 heterocycles. The van der Waals surface area contributed by atoms with E-state index in [-0.39, 0.29) is 5.92 Å². The molecule has 0 saturated carbocycles. The van der Waals surface area contributed by atoms with E-state index in [0.717, 1.165) is 35.2 Å². The fourth-order valence-corrected chi connectivity index (χ4v) is 2.85. The average Bonchev–Trinajstić information content (AvgIpc) is 3.01. The molecule has 0 spiro atoms. The third kappa shape index (κ3) is 1.42. The lowest BCUT2D eigenvalue weighted by Crippen LogP contribution is -2.19. The molecule has 0 bridgehead atoms. The van der Waals surface area contributed by atoms with Gasteiger partial charge in [0.05, 0.1) is 5.92 Å². The number of benzene rings is 2. The molecule has 20 heavy (non-hydrogen) atoms. The second-order valence-electron chi connectivity index (χ2n) is 4.91. The molecule has 4 nitrogen and oxygen atoms in total. The van der Waals surface area contributed by atoms with Crippen molar-refractivity contribution in [3.8, 4) is 11.5 Å². The SMILES string of the molecule is O=Cc1ccc2c(c1)C1c3cc(C=O)ccc3OC1O2. The smallest absolute Gasteiger partial charge is 0.252 e. The first-order chi connectivity index (χ1) is 9.80. The Hall–Kier alpha value is -2.62. The van der Waals surface area contributed by atoms with Gasteiger partial charge in [0.15, 0.2) is 0 Å². The van der Waals surface area contributed by atoms with Gasteiger partial charge < -0.3 is 9.47 Å². The van der Waals surface area contributed by atoms with Gasteiger partial charge in [-0.1, -0.05) is 0 Å². The fourth-order valence-electron chi connectivity index (χ4n) is 2.85. The summed E-state index contributed by atoms with van der Waals surface area (Å²) in [6.07, 6.45) is 1.21. The van der Waals surface area contributed by atoms with Crippen LogP contribution in [0.3, 0.4) is 0 Å². The molecule has 2 aliphatic rings. The quantitative estimate of drug-likeness (QED) is 0.784. The highest BCUT2D eigenvalue weighted by molar-refractivity contribution is 5.78. The van der Waals surface area contributed by atoms with E-state index in [1.54, 1.807) is 24.3 Å². The highest BCUT2D eigenvalue weighted by Crippen LogP contribution is 2.50. The summed E-state index contributed by atoms with van der Waals surface area (Å²) < 4.78 is 11.5. The van der Waals surface area contributed by atoms with Gasteiger partial charge in [-0.3, -0.25) is 9.59 Å². The molecule has 0 fully saturated rings. The molecule has 98 valence electrons. The summed E-state index contributed by atoms with van der Waals surface area (Å²) in [7, 11) is 0. The van der Waals surface area contributed by atoms with E-state index in [1.807, 2.05) is 12.1 Å². The van der Waals surface area contributed by atoms with Crippen molar-refractivity contribution in [1.29, 1.82) is 0 Å². The second-order valence-corrected chi connectivity index (χ2v) is 4.91. The number of hydrogen-bond donors (Lipinski definition) is 0. The van der Waals surface area contributed by atoms with Crippen LogP contribution in [-0.2, 0) is 0 Å².